The Hall–Kier alpha value is -4.16. The number of hydrogen-bond donors (Lipinski definition) is 1. The van der Waals surface area contributed by atoms with Crippen LogP contribution >= 0.6 is 0 Å². The number of aromatic nitrogens is 5. The van der Waals surface area contributed by atoms with Crippen LogP contribution in [-0.2, 0) is 12.4 Å². The van der Waals surface area contributed by atoms with E-state index in [2.05, 4.69) is 25.4 Å². The van der Waals surface area contributed by atoms with E-state index in [4.69, 9.17) is 4.74 Å². The molecule has 1 aromatic carbocycles. The van der Waals surface area contributed by atoms with Gasteiger partial charge in [-0.3, -0.25) is 4.98 Å². The first-order valence-electron chi connectivity index (χ1n) is 9.57. The van der Waals surface area contributed by atoms with Crippen molar-refractivity contribution in [3.63, 3.8) is 0 Å². The van der Waals surface area contributed by atoms with Crippen molar-refractivity contribution in [3.05, 3.63) is 60.2 Å². The molecule has 7 nitrogen and oxygen atoms in total. The Labute approximate surface area is 186 Å². The minimum atomic E-state index is -4.69. The lowest BCUT2D eigenvalue weighted by Crippen LogP contribution is -2.07. The molecule has 0 saturated carbocycles. The summed E-state index contributed by atoms with van der Waals surface area (Å²) < 4.78 is 85.7. The number of anilines is 2. The molecule has 0 atom stereocenters. The number of benzene rings is 1. The van der Waals surface area contributed by atoms with E-state index in [-0.39, 0.29) is 28.5 Å². The summed E-state index contributed by atoms with van der Waals surface area (Å²) in [7, 11) is 1.22. The fourth-order valence-corrected chi connectivity index (χ4v) is 3.57. The smallest absolute Gasteiger partial charge is 0.435 e. The standard InChI is InChI=1S/C21H12F6N6O/c1-34-12-5-10(20(22,23)24)4-11(6-12)30-19-29-9-15-14-8-28-3-2-13(14)16-7-17(21(25,26)27)32-33(16)18(15)31-19/h2-9H,1H3,(H,29,30,31). The van der Waals surface area contributed by atoms with Crippen LogP contribution in [0, 0.1) is 0 Å². The number of fused-ring (bicyclic) bond motifs is 6. The topological polar surface area (TPSA) is 77.2 Å². The number of halogens is 6. The zero-order valence-electron chi connectivity index (χ0n) is 17.0. The van der Waals surface area contributed by atoms with Crippen molar-refractivity contribution in [3.8, 4) is 5.75 Å². The first-order chi connectivity index (χ1) is 16.0. The predicted molar refractivity (Wildman–Crippen MR) is 110 cm³/mol. The van der Waals surface area contributed by atoms with Crippen molar-refractivity contribution in [2.24, 2.45) is 0 Å². The second-order valence-corrected chi connectivity index (χ2v) is 7.25. The van der Waals surface area contributed by atoms with Crippen LogP contribution in [0.3, 0.4) is 0 Å². The third-order valence-corrected chi connectivity index (χ3v) is 5.08. The molecule has 0 fully saturated rings. The fraction of sp³-hybridized carbons (Fsp3) is 0.143. The van der Waals surface area contributed by atoms with E-state index in [1.165, 1.54) is 31.8 Å². The number of nitrogens with one attached hydrogen (secondary N) is 1. The first kappa shape index (κ1) is 21.7. The summed E-state index contributed by atoms with van der Waals surface area (Å²) in [4.78, 5) is 12.4. The summed E-state index contributed by atoms with van der Waals surface area (Å²) in [5.74, 6) is -0.207. The van der Waals surface area contributed by atoms with Crippen LogP contribution in [0.2, 0.25) is 0 Å². The van der Waals surface area contributed by atoms with Crippen molar-refractivity contribution >= 4 is 39.0 Å². The van der Waals surface area contributed by atoms with Gasteiger partial charge in [0.05, 0.1) is 18.2 Å². The molecular weight excluding hydrogens is 466 g/mol. The Balaban J connectivity index is 1.70. The number of hydrogen-bond acceptors (Lipinski definition) is 6. The normalized spacial score (nSPS) is 12.6. The number of ether oxygens (including phenoxy) is 1. The summed E-state index contributed by atoms with van der Waals surface area (Å²) in [6, 6.07) is 5.42. The molecule has 0 amide bonds. The highest BCUT2D eigenvalue weighted by atomic mass is 19.4. The molecule has 5 rings (SSSR count). The number of rotatable bonds is 3. The second kappa shape index (κ2) is 7.43. The Bertz CT molecular complexity index is 1560. The monoisotopic (exact) mass is 478 g/mol. The summed E-state index contributed by atoms with van der Waals surface area (Å²) in [6.07, 6.45) is -5.08. The average Bonchev–Trinajstić information content (AvgIpc) is 3.25. The van der Waals surface area contributed by atoms with E-state index in [0.29, 0.717) is 16.2 Å². The fourth-order valence-electron chi connectivity index (χ4n) is 3.57. The minimum absolute atomic E-state index is 0.0161. The molecule has 0 spiro atoms. The average molecular weight is 478 g/mol. The molecular formula is C21H12F6N6O. The first-order valence-corrected chi connectivity index (χ1v) is 9.57. The van der Waals surface area contributed by atoms with Gasteiger partial charge in [-0.2, -0.15) is 36.4 Å². The minimum Gasteiger partial charge on any atom is -0.497 e. The molecule has 5 aromatic rings. The van der Waals surface area contributed by atoms with Crippen molar-refractivity contribution in [1.82, 2.24) is 24.6 Å². The molecule has 0 unspecified atom stereocenters. The van der Waals surface area contributed by atoms with Crippen molar-refractivity contribution in [2.75, 3.05) is 12.4 Å². The third kappa shape index (κ3) is 3.68. The lowest BCUT2D eigenvalue weighted by molar-refractivity contribution is -0.141. The van der Waals surface area contributed by atoms with E-state index < -0.39 is 23.6 Å². The van der Waals surface area contributed by atoms with Gasteiger partial charge >= 0.3 is 12.4 Å². The van der Waals surface area contributed by atoms with Crippen LogP contribution < -0.4 is 10.1 Å². The lowest BCUT2D eigenvalue weighted by Gasteiger charge is -2.13. The molecule has 1 N–H and O–H groups in total. The van der Waals surface area contributed by atoms with Gasteiger partial charge in [-0.15, -0.1) is 0 Å². The molecule has 0 saturated heterocycles. The van der Waals surface area contributed by atoms with Crippen molar-refractivity contribution in [1.29, 1.82) is 0 Å². The van der Waals surface area contributed by atoms with Gasteiger partial charge in [0.25, 0.3) is 0 Å². The molecule has 174 valence electrons. The molecule has 34 heavy (non-hydrogen) atoms. The maximum Gasteiger partial charge on any atom is 0.435 e. The third-order valence-electron chi connectivity index (χ3n) is 5.08. The Morgan fingerprint density at radius 1 is 0.912 bits per heavy atom. The number of pyridine rings is 2. The zero-order chi connectivity index (χ0) is 24.3. The summed E-state index contributed by atoms with van der Waals surface area (Å²) >= 11 is 0. The number of methoxy groups -OCH3 is 1. The maximum atomic E-state index is 13.4. The molecule has 4 heterocycles. The van der Waals surface area contributed by atoms with Gasteiger partial charge in [-0.05, 0) is 24.3 Å². The van der Waals surface area contributed by atoms with Crippen LogP contribution in [0.4, 0.5) is 38.0 Å². The Kier molecular flexibility index (Phi) is 4.74. The highest BCUT2D eigenvalue weighted by Gasteiger charge is 2.35. The molecule has 0 aliphatic rings. The highest BCUT2D eigenvalue weighted by Crippen LogP contribution is 2.36. The molecule has 0 bridgehead atoms. The van der Waals surface area contributed by atoms with Gasteiger partial charge in [0, 0.05) is 46.5 Å². The highest BCUT2D eigenvalue weighted by molar-refractivity contribution is 6.11. The molecule has 13 heteroatoms. The van der Waals surface area contributed by atoms with Crippen LogP contribution in [-0.4, -0.2) is 31.7 Å². The summed E-state index contributed by atoms with van der Waals surface area (Å²) in [5, 5.41) is 7.63. The van der Waals surface area contributed by atoms with Crippen LogP contribution in [0.15, 0.2) is 48.9 Å². The Morgan fingerprint density at radius 2 is 1.71 bits per heavy atom. The van der Waals surface area contributed by atoms with Crippen LogP contribution in [0.1, 0.15) is 11.3 Å². The number of alkyl halides is 6. The van der Waals surface area contributed by atoms with Gasteiger partial charge in [0.2, 0.25) is 5.95 Å². The van der Waals surface area contributed by atoms with E-state index >= 15 is 0 Å². The number of nitrogens with zero attached hydrogens (tertiary/aromatic N) is 5. The van der Waals surface area contributed by atoms with Crippen molar-refractivity contribution < 1.29 is 31.1 Å². The summed E-state index contributed by atoms with van der Waals surface area (Å²) in [6.45, 7) is 0. The lowest BCUT2D eigenvalue weighted by atomic mass is 10.1. The quantitative estimate of drug-likeness (QED) is 0.268. The van der Waals surface area contributed by atoms with Gasteiger partial charge < -0.3 is 10.1 Å². The Morgan fingerprint density at radius 3 is 2.41 bits per heavy atom. The van der Waals surface area contributed by atoms with Gasteiger partial charge in [0.1, 0.15) is 5.75 Å². The largest absolute Gasteiger partial charge is 0.497 e. The van der Waals surface area contributed by atoms with Crippen LogP contribution in [0.25, 0.3) is 27.3 Å². The van der Waals surface area contributed by atoms with E-state index in [0.717, 1.165) is 22.7 Å². The zero-order valence-corrected chi connectivity index (χ0v) is 17.0. The molecule has 0 aliphatic carbocycles. The van der Waals surface area contributed by atoms with E-state index in [1.807, 2.05) is 0 Å². The molecule has 0 aliphatic heterocycles. The maximum absolute atomic E-state index is 13.4. The van der Waals surface area contributed by atoms with Gasteiger partial charge in [-0.1, -0.05) is 0 Å². The molecule has 0 radical (unpaired) electrons. The SMILES string of the molecule is COc1cc(Nc2ncc3c4cnccc4c4cc(C(F)(F)F)nn4c3n2)cc(C(F)(F)F)c1. The second-order valence-electron chi connectivity index (χ2n) is 7.25. The van der Waals surface area contributed by atoms with E-state index in [9.17, 15) is 26.3 Å². The van der Waals surface area contributed by atoms with E-state index in [1.54, 1.807) is 6.07 Å². The van der Waals surface area contributed by atoms with Crippen LogP contribution in [0.5, 0.6) is 5.75 Å². The predicted octanol–water partition coefficient (Wildman–Crippen LogP) is 5.62. The molecule has 4 aromatic heterocycles. The van der Waals surface area contributed by atoms with Gasteiger partial charge in [0.15, 0.2) is 11.3 Å². The summed E-state index contributed by atoms with van der Waals surface area (Å²) in [5.41, 5.74) is -1.95. The van der Waals surface area contributed by atoms with Gasteiger partial charge in [-0.25, -0.2) is 9.50 Å². The van der Waals surface area contributed by atoms with Crippen molar-refractivity contribution in [2.45, 2.75) is 12.4 Å².